The summed E-state index contributed by atoms with van der Waals surface area (Å²) in [6.07, 6.45) is 2.75. The van der Waals surface area contributed by atoms with Crippen LogP contribution in [0.3, 0.4) is 0 Å². The molecule has 0 saturated carbocycles. The number of carbonyl (C=O) groups excluding carboxylic acids is 1. The first-order valence-electron chi connectivity index (χ1n) is 9.25. The molecule has 2 aromatic heterocycles. The van der Waals surface area contributed by atoms with Crippen molar-refractivity contribution < 1.29 is 14.3 Å². The van der Waals surface area contributed by atoms with E-state index in [2.05, 4.69) is 21.4 Å². The Hall–Kier alpha value is -3.32. The second-order valence-electron chi connectivity index (χ2n) is 6.50. The number of methoxy groups -OCH3 is 1. The molecule has 4 rings (SSSR count). The molecule has 6 nitrogen and oxygen atoms in total. The summed E-state index contributed by atoms with van der Waals surface area (Å²) >= 11 is 1.52. The minimum Gasteiger partial charge on any atom is -0.493 e. The molecule has 0 aliphatic rings. The smallest absolute Gasteiger partial charge is 0.251 e. The highest BCUT2D eigenvalue weighted by atomic mass is 32.1. The lowest BCUT2D eigenvalue weighted by Gasteiger charge is -2.12. The summed E-state index contributed by atoms with van der Waals surface area (Å²) in [4.78, 5) is 20.0. The fourth-order valence-electron chi connectivity index (χ4n) is 3.14. The third-order valence-corrected chi connectivity index (χ3v) is 5.27. The predicted octanol–water partition coefficient (Wildman–Crippen LogP) is 4.18. The summed E-state index contributed by atoms with van der Waals surface area (Å²) in [6, 6.07) is 13.3. The van der Waals surface area contributed by atoms with E-state index in [4.69, 9.17) is 9.47 Å². The van der Waals surface area contributed by atoms with Crippen LogP contribution >= 0.6 is 11.3 Å². The normalized spacial score (nSPS) is 10.8. The van der Waals surface area contributed by atoms with Crippen molar-refractivity contribution in [3.05, 3.63) is 76.4 Å². The van der Waals surface area contributed by atoms with Gasteiger partial charge in [0.2, 0.25) is 0 Å². The molecule has 2 heterocycles. The van der Waals surface area contributed by atoms with E-state index in [1.54, 1.807) is 30.8 Å². The largest absolute Gasteiger partial charge is 0.493 e. The van der Waals surface area contributed by atoms with Crippen molar-refractivity contribution in [3.8, 4) is 11.5 Å². The molecule has 1 amide bonds. The van der Waals surface area contributed by atoms with Crippen LogP contribution in [0.5, 0.6) is 11.5 Å². The standard InChI is InChI=1S/C22H21N3O3S/c1-27-21-10-15(6-7-20(21)28-12-17-13-29-14-25-17)22(26)23-9-8-16-11-24-19-5-3-2-4-18(16)19/h2-7,10-11,13-14,24H,8-9,12H2,1H3,(H,23,26). The lowest BCUT2D eigenvalue weighted by molar-refractivity contribution is 0.0953. The van der Waals surface area contributed by atoms with Crippen LogP contribution in [-0.4, -0.2) is 29.5 Å². The fourth-order valence-corrected chi connectivity index (χ4v) is 3.68. The Morgan fingerprint density at radius 2 is 2.10 bits per heavy atom. The van der Waals surface area contributed by atoms with Gasteiger partial charge in [-0.3, -0.25) is 4.79 Å². The first kappa shape index (κ1) is 19.0. The number of ether oxygens (including phenoxy) is 2. The van der Waals surface area contributed by atoms with Crippen LogP contribution in [0, 0.1) is 0 Å². The molecular weight excluding hydrogens is 386 g/mol. The van der Waals surface area contributed by atoms with Crippen LogP contribution in [0.4, 0.5) is 0 Å². The Morgan fingerprint density at radius 1 is 1.21 bits per heavy atom. The second-order valence-corrected chi connectivity index (χ2v) is 7.22. The number of nitrogens with one attached hydrogen (secondary N) is 2. The van der Waals surface area contributed by atoms with E-state index in [1.165, 1.54) is 22.3 Å². The molecule has 148 valence electrons. The number of rotatable bonds is 8. The molecule has 0 atom stereocenters. The van der Waals surface area contributed by atoms with E-state index in [9.17, 15) is 4.79 Å². The fraction of sp³-hybridized carbons (Fsp3) is 0.182. The number of amides is 1. The summed E-state index contributed by atoms with van der Waals surface area (Å²) in [5.41, 5.74) is 5.44. The minimum atomic E-state index is -0.144. The molecule has 29 heavy (non-hydrogen) atoms. The zero-order chi connectivity index (χ0) is 20.1. The van der Waals surface area contributed by atoms with E-state index in [0.29, 0.717) is 30.2 Å². The Kier molecular flexibility index (Phi) is 5.76. The first-order chi connectivity index (χ1) is 14.2. The zero-order valence-electron chi connectivity index (χ0n) is 16.0. The number of nitrogens with zero attached hydrogens (tertiary/aromatic N) is 1. The number of hydrogen-bond acceptors (Lipinski definition) is 5. The highest BCUT2D eigenvalue weighted by Crippen LogP contribution is 2.29. The topological polar surface area (TPSA) is 76.2 Å². The van der Waals surface area contributed by atoms with Crippen molar-refractivity contribution in [3.63, 3.8) is 0 Å². The maximum absolute atomic E-state index is 12.5. The molecule has 0 unspecified atom stereocenters. The number of para-hydroxylation sites is 1. The van der Waals surface area contributed by atoms with Gasteiger partial charge in [0.15, 0.2) is 11.5 Å². The zero-order valence-corrected chi connectivity index (χ0v) is 16.8. The first-order valence-corrected chi connectivity index (χ1v) is 10.2. The Labute approximate surface area is 172 Å². The molecule has 4 aromatic rings. The van der Waals surface area contributed by atoms with Gasteiger partial charge in [0, 0.05) is 34.6 Å². The van der Waals surface area contributed by atoms with Crippen LogP contribution in [0.2, 0.25) is 0 Å². The highest BCUT2D eigenvalue weighted by Gasteiger charge is 2.12. The van der Waals surface area contributed by atoms with Crippen molar-refractivity contribution in [2.24, 2.45) is 0 Å². The minimum absolute atomic E-state index is 0.144. The summed E-state index contributed by atoms with van der Waals surface area (Å²) in [7, 11) is 1.56. The van der Waals surface area contributed by atoms with Crippen LogP contribution in [0.25, 0.3) is 10.9 Å². The number of thiazole rings is 1. The van der Waals surface area contributed by atoms with Crippen molar-refractivity contribution in [2.45, 2.75) is 13.0 Å². The maximum atomic E-state index is 12.5. The summed E-state index contributed by atoms with van der Waals surface area (Å²) in [6.45, 7) is 0.904. The Morgan fingerprint density at radius 3 is 2.93 bits per heavy atom. The molecule has 0 saturated heterocycles. The lowest BCUT2D eigenvalue weighted by Crippen LogP contribution is -2.25. The van der Waals surface area contributed by atoms with Gasteiger partial charge in [0.25, 0.3) is 5.91 Å². The number of hydrogen-bond donors (Lipinski definition) is 2. The molecular formula is C22H21N3O3S. The number of H-pyrrole nitrogens is 1. The van der Waals surface area contributed by atoms with Crippen molar-refractivity contribution >= 4 is 28.1 Å². The Bertz CT molecular complexity index is 1110. The lowest BCUT2D eigenvalue weighted by atomic mass is 10.1. The third-order valence-electron chi connectivity index (χ3n) is 4.64. The van der Waals surface area contributed by atoms with E-state index < -0.39 is 0 Å². The molecule has 0 bridgehead atoms. The van der Waals surface area contributed by atoms with Gasteiger partial charge in [-0.2, -0.15) is 0 Å². The van der Waals surface area contributed by atoms with Crippen molar-refractivity contribution in [1.82, 2.24) is 15.3 Å². The molecule has 0 aliphatic heterocycles. The quantitative estimate of drug-likeness (QED) is 0.459. The average molecular weight is 407 g/mol. The van der Waals surface area contributed by atoms with Gasteiger partial charge >= 0.3 is 0 Å². The Balaban J connectivity index is 1.36. The summed E-state index contributed by atoms with van der Waals surface area (Å²) in [5, 5.41) is 6.09. The van der Waals surface area contributed by atoms with E-state index in [1.807, 2.05) is 29.8 Å². The summed E-state index contributed by atoms with van der Waals surface area (Å²) < 4.78 is 11.2. The highest BCUT2D eigenvalue weighted by molar-refractivity contribution is 7.07. The van der Waals surface area contributed by atoms with E-state index >= 15 is 0 Å². The number of aromatic nitrogens is 2. The van der Waals surface area contributed by atoms with Gasteiger partial charge in [-0.05, 0) is 36.2 Å². The molecule has 0 fully saturated rings. The number of fused-ring (bicyclic) bond motifs is 1. The van der Waals surface area contributed by atoms with E-state index in [0.717, 1.165) is 17.6 Å². The third kappa shape index (κ3) is 4.41. The molecule has 0 aliphatic carbocycles. The van der Waals surface area contributed by atoms with Gasteiger partial charge in [-0.15, -0.1) is 11.3 Å². The van der Waals surface area contributed by atoms with Gasteiger partial charge in [0.05, 0.1) is 18.3 Å². The SMILES string of the molecule is COc1cc(C(=O)NCCc2c[nH]c3ccccc23)ccc1OCc1cscn1. The van der Waals surface area contributed by atoms with Crippen LogP contribution < -0.4 is 14.8 Å². The molecule has 2 N–H and O–H groups in total. The average Bonchev–Trinajstić information content (AvgIpc) is 3.42. The molecule has 0 radical (unpaired) electrons. The summed E-state index contributed by atoms with van der Waals surface area (Å²) in [5.74, 6) is 0.953. The van der Waals surface area contributed by atoms with Crippen LogP contribution in [0.1, 0.15) is 21.6 Å². The van der Waals surface area contributed by atoms with E-state index in [-0.39, 0.29) is 5.91 Å². The van der Waals surface area contributed by atoms with Crippen LogP contribution in [-0.2, 0) is 13.0 Å². The van der Waals surface area contributed by atoms with Gasteiger partial charge < -0.3 is 19.8 Å². The van der Waals surface area contributed by atoms with Crippen LogP contribution in [0.15, 0.2) is 59.6 Å². The molecule has 2 aromatic carbocycles. The maximum Gasteiger partial charge on any atom is 0.251 e. The number of carbonyl (C=O) groups is 1. The number of benzene rings is 2. The number of aromatic amines is 1. The van der Waals surface area contributed by atoms with Crippen molar-refractivity contribution in [1.29, 1.82) is 0 Å². The van der Waals surface area contributed by atoms with Gasteiger partial charge in [-0.25, -0.2) is 4.98 Å². The predicted molar refractivity (Wildman–Crippen MR) is 114 cm³/mol. The second kappa shape index (κ2) is 8.79. The van der Waals surface area contributed by atoms with Gasteiger partial charge in [-0.1, -0.05) is 18.2 Å². The monoisotopic (exact) mass is 407 g/mol. The van der Waals surface area contributed by atoms with Gasteiger partial charge in [0.1, 0.15) is 6.61 Å². The molecule has 7 heteroatoms. The van der Waals surface area contributed by atoms with Crippen molar-refractivity contribution in [2.75, 3.05) is 13.7 Å². The molecule has 0 spiro atoms.